The summed E-state index contributed by atoms with van der Waals surface area (Å²) in [5, 5.41) is 1.20. The van der Waals surface area contributed by atoms with Crippen molar-refractivity contribution in [2.24, 2.45) is 0 Å². The Morgan fingerprint density at radius 3 is 2.65 bits per heavy atom. The first-order valence-electron chi connectivity index (χ1n) is 8.92. The first kappa shape index (κ1) is 15.6. The summed E-state index contributed by atoms with van der Waals surface area (Å²) in [5.74, 6) is 1.99. The van der Waals surface area contributed by atoms with E-state index in [4.69, 9.17) is 4.74 Å². The molecule has 132 valence electrons. The standard InChI is InChI=1S/C20H19N3O2S/c24-20(17-13-14-5-1-3-7-16(14)25-17)23-11-9-22(10-12-23)19-15-6-2-4-8-18(15)26-21-19/h1-8,17H,9-13H2/t17-/m0/s1. The number of anilines is 1. The van der Waals surface area contributed by atoms with Crippen molar-refractivity contribution >= 4 is 33.3 Å². The fourth-order valence-corrected chi connectivity index (χ4v) is 4.56. The van der Waals surface area contributed by atoms with Gasteiger partial charge in [0.25, 0.3) is 5.91 Å². The molecule has 1 fully saturated rings. The number of amides is 1. The summed E-state index contributed by atoms with van der Waals surface area (Å²) >= 11 is 1.54. The highest BCUT2D eigenvalue weighted by Crippen LogP contribution is 2.31. The van der Waals surface area contributed by atoms with Gasteiger partial charge in [0.05, 0.1) is 4.70 Å². The van der Waals surface area contributed by atoms with E-state index in [1.165, 1.54) is 21.6 Å². The third kappa shape index (κ3) is 2.61. The van der Waals surface area contributed by atoms with Gasteiger partial charge in [-0.15, -0.1) is 0 Å². The second-order valence-electron chi connectivity index (χ2n) is 6.73. The zero-order chi connectivity index (χ0) is 17.5. The lowest BCUT2D eigenvalue weighted by molar-refractivity contribution is -0.138. The van der Waals surface area contributed by atoms with Crippen LogP contribution in [0.4, 0.5) is 5.82 Å². The van der Waals surface area contributed by atoms with Crippen LogP contribution in [0.1, 0.15) is 5.56 Å². The maximum absolute atomic E-state index is 12.8. The van der Waals surface area contributed by atoms with Crippen LogP contribution in [0.2, 0.25) is 0 Å². The minimum Gasteiger partial charge on any atom is -0.480 e. The van der Waals surface area contributed by atoms with Gasteiger partial charge in [-0.1, -0.05) is 30.3 Å². The largest absolute Gasteiger partial charge is 0.480 e. The van der Waals surface area contributed by atoms with E-state index in [-0.39, 0.29) is 12.0 Å². The van der Waals surface area contributed by atoms with Crippen molar-refractivity contribution in [2.75, 3.05) is 31.1 Å². The average molecular weight is 365 g/mol. The SMILES string of the molecule is O=C([C@@H]1Cc2ccccc2O1)N1CCN(c2nsc3ccccc23)CC1. The van der Waals surface area contributed by atoms with Gasteiger partial charge in [-0.3, -0.25) is 4.79 Å². The van der Waals surface area contributed by atoms with Gasteiger partial charge >= 0.3 is 0 Å². The summed E-state index contributed by atoms with van der Waals surface area (Å²) in [6, 6.07) is 16.2. The topological polar surface area (TPSA) is 45.7 Å². The maximum Gasteiger partial charge on any atom is 0.264 e. The van der Waals surface area contributed by atoms with E-state index in [1.54, 1.807) is 0 Å². The maximum atomic E-state index is 12.8. The molecule has 3 heterocycles. The molecule has 3 aromatic rings. The third-order valence-corrected chi connectivity index (χ3v) is 5.99. The van der Waals surface area contributed by atoms with Crippen LogP contribution in [0.3, 0.4) is 0 Å². The van der Waals surface area contributed by atoms with Crippen LogP contribution in [0, 0.1) is 0 Å². The summed E-state index contributed by atoms with van der Waals surface area (Å²) in [5.41, 5.74) is 1.12. The second-order valence-corrected chi connectivity index (χ2v) is 7.54. The Morgan fingerprint density at radius 1 is 1.04 bits per heavy atom. The van der Waals surface area contributed by atoms with Crippen LogP contribution in [-0.2, 0) is 11.2 Å². The van der Waals surface area contributed by atoms with Gasteiger partial charge in [-0.25, -0.2) is 0 Å². The molecule has 1 amide bonds. The summed E-state index contributed by atoms with van der Waals surface area (Å²) < 4.78 is 11.7. The summed E-state index contributed by atoms with van der Waals surface area (Å²) in [7, 11) is 0. The molecule has 2 aromatic carbocycles. The molecule has 6 heteroatoms. The molecule has 0 radical (unpaired) electrons. The van der Waals surface area contributed by atoms with Crippen molar-refractivity contribution in [1.29, 1.82) is 0 Å². The molecule has 26 heavy (non-hydrogen) atoms. The monoisotopic (exact) mass is 365 g/mol. The van der Waals surface area contributed by atoms with E-state index in [9.17, 15) is 4.79 Å². The van der Waals surface area contributed by atoms with Crippen molar-refractivity contribution in [3.63, 3.8) is 0 Å². The predicted molar refractivity (Wildman–Crippen MR) is 103 cm³/mol. The number of piperazine rings is 1. The molecule has 1 saturated heterocycles. The number of benzene rings is 2. The molecule has 0 unspecified atom stereocenters. The molecule has 2 aliphatic heterocycles. The molecule has 0 aliphatic carbocycles. The molecule has 0 spiro atoms. The van der Waals surface area contributed by atoms with Crippen molar-refractivity contribution in [3.05, 3.63) is 54.1 Å². The Balaban J connectivity index is 1.25. The number of carbonyl (C=O) groups is 1. The van der Waals surface area contributed by atoms with Crippen LogP contribution in [-0.4, -0.2) is 47.5 Å². The zero-order valence-electron chi connectivity index (χ0n) is 14.3. The number of fused-ring (bicyclic) bond motifs is 2. The third-order valence-electron chi connectivity index (χ3n) is 5.17. The Kier molecular flexibility index (Phi) is 3.78. The minimum atomic E-state index is -0.376. The summed E-state index contributed by atoms with van der Waals surface area (Å²) in [6.45, 7) is 3.03. The second kappa shape index (κ2) is 6.29. The summed E-state index contributed by atoms with van der Waals surface area (Å²) in [6.07, 6.45) is 0.297. The highest BCUT2D eigenvalue weighted by Gasteiger charge is 2.34. The van der Waals surface area contributed by atoms with Gasteiger partial charge in [-0.2, -0.15) is 4.37 Å². The van der Waals surface area contributed by atoms with Crippen LogP contribution in [0.15, 0.2) is 48.5 Å². The van der Waals surface area contributed by atoms with E-state index in [0.717, 1.165) is 30.2 Å². The molecule has 0 N–H and O–H groups in total. The number of hydrogen-bond donors (Lipinski definition) is 0. The van der Waals surface area contributed by atoms with Crippen LogP contribution in [0.5, 0.6) is 5.75 Å². The van der Waals surface area contributed by atoms with E-state index in [0.29, 0.717) is 19.5 Å². The summed E-state index contributed by atoms with van der Waals surface area (Å²) in [4.78, 5) is 17.1. The van der Waals surface area contributed by atoms with E-state index >= 15 is 0 Å². The van der Waals surface area contributed by atoms with Gasteiger partial charge in [0, 0.05) is 38.0 Å². The van der Waals surface area contributed by atoms with Crippen LogP contribution < -0.4 is 9.64 Å². The Hall–Kier alpha value is -2.60. The minimum absolute atomic E-state index is 0.101. The van der Waals surface area contributed by atoms with Crippen LogP contribution in [0.25, 0.3) is 10.1 Å². The molecule has 5 rings (SSSR count). The fourth-order valence-electron chi connectivity index (χ4n) is 3.76. The molecule has 1 aromatic heterocycles. The van der Waals surface area contributed by atoms with Crippen molar-refractivity contribution in [1.82, 2.24) is 9.27 Å². The first-order chi connectivity index (χ1) is 12.8. The van der Waals surface area contributed by atoms with E-state index in [1.807, 2.05) is 35.2 Å². The average Bonchev–Trinajstić information content (AvgIpc) is 3.32. The number of nitrogens with zero attached hydrogens (tertiary/aromatic N) is 3. The molecular formula is C20H19N3O2S. The van der Waals surface area contributed by atoms with E-state index < -0.39 is 0 Å². The Morgan fingerprint density at radius 2 is 1.81 bits per heavy atom. The van der Waals surface area contributed by atoms with Gasteiger partial charge in [0.2, 0.25) is 0 Å². The van der Waals surface area contributed by atoms with Crippen molar-refractivity contribution < 1.29 is 9.53 Å². The Bertz CT molecular complexity index is 937. The molecule has 5 nitrogen and oxygen atoms in total. The predicted octanol–water partition coefficient (Wildman–Crippen LogP) is 2.95. The van der Waals surface area contributed by atoms with Gasteiger partial charge in [-0.05, 0) is 35.3 Å². The molecule has 0 saturated carbocycles. The van der Waals surface area contributed by atoms with Gasteiger partial charge in [0.15, 0.2) is 6.10 Å². The molecular weight excluding hydrogens is 346 g/mol. The zero-order valence-corrected chi connectivity index (χ0v) is 15.1. The van der Waals surface area contributed by atoms with Crippen molar-refractivity contribution in [2.45, 2.75) is 12.5 Å². The van der Waals surface area contributed by atoms with Gasteiger partial charge < -0.3 is 14.5 Å². The fraction of sp³-hybridized carbons (Fsp3) is 0.300. The first-order valence-corrected chi connectivity index (χ1v) is 9.69. The van der Waals surface area contributed by atoms with Crippen LogP contribution >= 0.6 is 11.5 Å². The number of para-hydroxylation sites is 1. The highest BCUT2D eigenvalue weighted by molar-refractivity contribution is 7.13. The Labute approximate surface area is 156 Å². The molecule has 2 aliphatic rings. The molecule has 1 atom stereocenters. The van der Waals surface area contributed by atoms with Gasteiger partial charge in [0.1, 0.15) is 11.6 Å². The van der Waals surface area contributed by atoms with E-state index in [2.05, 4.69) is 27.5 Å². The highest BCUT2D eigenvalue weighted by atomic mass is 32.1. The quantitative estimate of drug-likeness (QED) is 0.700. The number of hydrogen-bond acceptors (Lipinski definition) is 5. The lowest BCUT2D eigenvalue weighted by atomic mass is 10.1. The van der Waals surface area contributed by atoms with Crippen molar-refractivity contribution in [3.8, 4) is 5.75 Å². The number of ether oxygens (including phenoxy) is 1. The number of rotatable bonds is 2. The molecule has 0 bridgehead atoms. The lowest BCUT2D eigenvalue weighted by Crippen LogP contribution is -2.52. The lowest BCUT2D eigenvalue weighted by Gasteiger charge is -2.36. The smallest absolute Gasteiger partial charge is 0.264 e. The normalized spacial score (nSPS) is 19.5. The number of aromatic nitrogens is 1. The number of carbonyl (C=O) groups excluding carboxylic acids is 1.